The predicted octanol–water partition coefficient (Wildman–Crippen LogP) is 4.36. The summed E-state index contributed by atoms with van der Waals surface area (Å²) in [5, 5.41) is 5.64. The number of thiophene rings is 1. The lowest BCUT2D eigenvalue weighted by Gasteiger charge is -2.12. The van der Waals surface area contributed by atoms with Crippen molar-refractivity contribution in [2.24, 2.45) is 0 Å². The molecule has 0 radical (unpaired) electrons. The highest BCUT2D eigenvalue weighted by atomic mass is 79.9. The molecule has 1 heterocycles. The Balaban J connectivity index is 1.92. The number of benzene rings is 1. The van der Waals surface area contributed by atoms with Crippen molar-refractivity contribution >= 4 is 27.3 Å². The van der Waals surface area contributed by atoms with E-state index in [1.54, 1.807) is 11.3 Å². The first-order valence-corrected chi connectivity index (χ1v) is 6.94. The van der Waals surface area contributed by atoms with Crippen molar-refractivity contribution in [1.82, 2.24) is 5.32 Å². The van der Waals surface area contributed by atoms with Crippen molar-refractivity contribution in [1.29, 1.82) is 0 Å². The molecule has 0 unspecified atom stereocenters. The summed E-state index contributed by atoms with van der Waals surface area (Å²) in [4.78, 5) is 1.38. The summed E-state index contributed by atoms with van der Waals surface area (Å²) >= 11 is 5.28. The minimum Gasteiger partial charge on any atom is -0.305 e. The van der Waals surface area contributed by atoms with Crippen molar-refractivity contribution in [3.8, 4) is 0 Å². The van der Waals surface area contributed by atoms with Crippen LogP contribution in [0.1, 0.15) is 23.4 Å². The third-order valence-electron chi connectivity index (χ3n) is 2.47. The molecule has 0 spiro atoms. The Morgan fingerprint density at radius 2 is 2.19 bits per heavy atom. The first kappa shape index (κ1) is 11.8. The lowest BCUT2D eigenvalue weighted by molar-refractivity contribution is 0.583. The molecule has 1 aromatic carbocycles. The number of hydrogen-bond acceptors (Lipinski definition) is 2. The van der Waals surface area contributed by atoms with Crippen LogP contribution in [0.25, 0.3) is 0 Å². The molecule has 2 aromatic rings. The summed E-state index contributed by atoms with van der Waals surface area (Å²) in [6, 6.07) is 13.1. The standard InChI is InChI=1S/C13H14BrNS/c1-10(13-6-3-7-16-13)15-9-11-4-2-5-12(14)8-11/h2-8,10,15H,9H2,1H3/t10-/m0/s1. The second-order valence-electron chi connectivity index (χ2n) is 3.75. The molecule has 1 N–H and O–H groups in total. The lowest BCUT2D eigenvalue weighted by Crippen LogP contribution is -2.16. The van der Waals surface area contributed by atoms with Gasteiger partial charge in [0.1, 0.15) is 0 Å². The maximum atomic E-state index is 3.52. The second kappa shape index (κ2) is 5.62. The molecule has 1 aromatic heterocycles. The number of nitrogens with one attached hydrogen (secondary N) is 1. The zero-order chi connectivity index (χ0) is 11.4. The first-order chi connectivity index (χ1) is 7.75. The highest BCUT2D eigenvalue weighted by Crippen LogP contribution is 2.19. The summed E-state index contributed by atoms with van der Waals surface area (Å²) < 4.78 is 1.13. The van der Waals surface area contributed by atoms with Gasteiger partial charge in [-0.2, -0.15) is 0 Å². The molecule has 1 nitrogen and oxygen atoms in total. The van der Waals surface area contributed by atoms with E-state index in [4.69, 9.17) is 0 Å². The molecule has 0 aliphatic heterocycles. The van der Waals surface area contributed by atoms with Gasteiger partial charge in [-0.15, -0.1) is 11.3 Å². The Labute approximate surface area is 109 Å². The molecule has 3 heteroatoms. The van der Waals surface area contributed by atoms with Gasteiger partial charge in [-0.1, -0.05) is 34.1 Å². The summed E-state index contributed by atoms with van der Waals surface area (Å²) in [6.07, 6.45) is 0. The van der Waals surface area contributed by atoms with Gasteiger partial charge in [0.15, 0.2) is 0 Å². The van der Waals surface area contributed by atoms with Crippen molar-refractivity contribution < 1.29 is 0 Å². The van der Waals surface area contributed by atoms with Crippen LogP contribution in [0.2, 0.25) is 0 Å². The molecule has 0 saturated carbocycles. The van der Waals surface area contributed by atoms with E-state index in [0.29, 0.717) is 6.04 Å². The minimum atomic E-state index is 0.416. The summed E-state index contributed by atoms with van der Waals surface area (Å²) in [5.41, 5.74) is 1.30. The summed E-state index contributed by atoms with van der Waals surface area (Å²) in [6.45, 7) is 3.10. The average molecular weight is 296 g/mol. The molecule has 0 amide bonds. The zero-order valence-corrected chi connectivity index (χ0v) is 11.5. The topological polar surface area (TPSA) is 12.0 Å². The van der Waals surface area contributed by atoms with E-state index in [9.17, 15) is 0 Å². The molecule has 2 rings (SSSR count). The van der Waals surface area contributed by atoms with E-state index in [1.807, 2.05) is 6.07 Å². The minimum absolute atomic E-state index is 0.416. The van der Waals surface area contributed by atoms with Crippen LogP contribution in [0.4, 0.5) is 0 Å². The van der Waals surface area contributed by atoms with Gasteiger partial charge in [-0.25, -0.2) is 0 Å². The monoisotopic (exact) mass is 295 g/mol. The molecule has 84 valence electrons. The fourth-order valence-electron chi connectivity index (χ4n) is 1.56. The van der Waals surface area contributed by atoms with Crippen LogP contribution >= 0.6 is 27.3 Å². The highest BCUT2D eigenvalue weighted by molar-refractivity contribution is 9.10. The van der Waals surface area contributed by atoms with Gasteiger partial charge in [0.05, 0.1) is 0 Å². The third kappa shape index (κ3) is 3.17. The van der Waals surface area contributed by atoms with Gasteiger partial charge in [0.25, 0.3) is 0 Å². The Kier molecular flexibility index (Phi) is 4.16. The summed E-state index contributed by atoms with van der Waals surface area (Å²) in [5.74, 6) is 0. The Morgan fingerprint density at radius 3 is 2.88 bits per heavy atom. The zero-order valence-electron chi connectivity index (χ0n) is 9.11. The first-order valence-electron chi connectivity index (χ1n) is 5.27. The number of rotatable bonds is 4. The molecule has 0 aliphatic carbocycles. The van der Waals surface area contributed by atoms with E-state index >= 15 is 0 Å². The molecule has 0 fully saturated rings. The fraction of sp³-hybridized carbons (Fsp3) is 0.231. The van der Waals surface area contributed by atoms with Gasteiger partial charge in [-0.05, 0) is 36.1 Å². The molecule has 16 heavy (non-hydrogen) atoms. The fourth-order valence-corrected chi connectivity index (χ4v) is 2.76. The van der Waals surface area contributed by atoms with E-state index in [1.165, 1.54) is 10.4 Å². The number of hydrogen-bond donors (Lipinski definition) is 1. The second-order valence-corrected chi connectivity index (χ2v) is 5.64. The molecule has 0 saturated heterocycles. The molecule has 0 aliphatic rings. The SMILES string of the molecule is C[C@H](NCc1cccc(Br)c1)c1cccs1. The van der Waals surface area contributed by atoms with Gasteiger partial charge < -0.3 is 5.32 Å². The van der Waals surface area contributed by atoms with Gasteiger partial charge in [0.2, 0.25) is 0 Å². The van der Waals surface area contributed by atoms with E-state index in [0.717, 1.165) is 11.0 Å². The lowest BCUT2D eigenvalue weighted by atomic mass is 10.2. The Morgan fingerprint density at radius 1 is 1.31 bits per heavy atom. The molecular formula is C13H14BrNS. The van der Waals surface area contributed by atoms with Gasteiger partial charge in [0, 0.05) is 21.9 Å². The maximum absolute atomic E-state index is 3.52. The van der Waals surface area contributed by atoms with E-state index in [2.05, 4.69) is 63.9 Å². The largest absolute Gasteiger partial charge is 0.305 e. The van der Waals surface area contributed by atoms with Crippen LogP contribution in [0.15, 0.2) is 46.3 Å². The molecule has 0 bridgehead atoms. The number of halogens is 1. The highest BCUT2D eigenvalue weighted by Gasteiger charge is 2.05. The normalized spacial score (nSPS) is 12.6. The Hall–Kier alpha value is -0.640. The van der Waals surface area contributed by atoms with Crippen molar-refractivity contribution in [2.75, 3.05) is 0 Å². The predicted molar refractivity (Wildman–Crippen MR) is 73.7 cm³/mol. The van der Waals surface area contributed by atoms with Crippen LogP contribution < -0.4 is 5.32 Å². The molecule has 1 atom stereocenters. The van der Waals surface area contributed by atoms with Gasteiger partial charge >= 0.3 is 0 Å². The maximum Gasteiger partial charge on any atom is 0.0388 e. The smallest absolute Gasteiger partial charge is 0.0388 e. The van der Waals surface area contributed by atoms with Crippen molar-refractivity contribution in [2.45, 2.75) is 19.5 Å². The van der Waals surface area contributed by atoms with Crippen LogP contribution in [0, 0.1) is 0 Å². The van der Waals surface area contributed by atoms with Crippen LogP contribution in [0.3, 0.4) is 0 Å². The molecular weight excluding hydrogens is 282 g/mol. The quantitative estimate of drug-likeness (QED) is 0.884. The van der Waals surface area contributed by atoms with Crippen LogP contribution in [-0.2, 0) is 6.54 Å². The van der Waals surface area contributed by atoms with Gasteiger partial charge in [-0.3, -0.25) is 0 Å². The van der Waals surface area contributed by atoms with Crippen molar-refractivity contribution in [3.63, 3.8) is 0 Å². The van der Waals surface area contributed by atoms with E-state index in [-0.39, 0.29) is 0 Å². The average Bonchev–Trinajstić information content (AvgIpc) is 2.79. The van der Waals surface area contributed by atoms with Crippen LogP contribution in [0.5, 0.6) is 0 Å². The van der Waals surface area contributed by atoms with Crippen molar-refractivity contribution in [3.05, 3.63) is 56.7 Å². The summed E-state index contributed by atoms with van der Waals surface area (Å²) in [7, 11) is 0. The Bertz CT molecular complexity index is 439. The van der Waals surface area contributed by atoms with Crippen LogP contribution in [-0.4, -0.2) is 0 Å². The third-order valence-corrected chi connectivity index (χ3v) is 4.02. The van der Waals surface area contributed by atoms with E-state index < -0.39 is 0 Å².